The first-order chi connectivity index (χ1) is 12.4. The second-order valence-electron chi connectivity index (χ2n) is 5.48. The molecule has 1 N–H and O–H groups in total. The molecule has 1 aliphatic heterocycles. The van der Waals surface area contributed by atoms with Gasteiger partial charge in [0.25, 0.3) is 11.8 Å². The summed E-state index contributed by atoms with van der Waals surface area (Å²) in [6, 6.07) is 9.61. The third-order valence-electron chi connectivity index (χ3n) is 3.84. The number of methoxy groups -OCH3 is 1. The number of hydrogen-bond donors (Lipinski definition) is 1. The van der Waals surface area contributed by atoms with Crippen LogP contribution in [-0.4, -0.2) is 42.2 Å². The number of amides is 3. The molecule has 0 unspecified atom stereocenters. The molecule has 26 heavy (non-hydrogen) atoms. The Morgan fingerprint density at radius 1 is 1.08 bits per heavy atom. The Labute approximate surface area is 147 Å². The number of benzene rings is 2. The Hall–Kier alpha value is -3.55. The Kier molecular flexibility index (Phi) is 4.49. The first-order valence-electron chi connectivity index (χ1n) is 7.55. The van der Waals surface area contributed by atoms with E-state index in [9.17, 15) is 23.6 Å². The second kappa shape index (κ2) is 6.75. The molecule has 0 fully saturated rings. The molecule has 7 nitrogen and oxygen atoms in total. The molecule has 132 valence electrons. The molecule has 0 aliphatic carbocycles. The zero-order chi connectivity index (χ0) is 18.8. The van der Waals surface area contributed by atoms with Crippen LogP contribution < -0.4 is 5.32 Å². The van der Waals surface area contributed by atoms with Gasteiger partial charge in [-0.3, -0.25) is 19.3 Å². The third kappa shape index (κ3) is 3.04. The number of imide groups is 1. The topological polar surface area (TPSA) is 92.8 Å². The van der Waals surface area contributed by atoms with Gasteiger partial charge in [-0.15, -0.1) is 0 Å². The van der Waals surface area contributed by atoms with E-state index >= 15 is 0 Å². The van der Waals surface area contributed by atoms with Crippen LogP contribution in [0.15, 0.2) is 42.5 Å². The van der Waals surface area contributed by atoms with Gasteiger partial charge in [-0.2, -0.15) is 0 Å². The molecule has 8 heteroatoms. The molecule has 2 aromatic rings. The second-order valence-corrected chi connectivity index (χ2v) is 5.48. The number of esters is 1. The number of nitrogens with zero attached hydrogens (tertiary/aromatic N) is 1. The van der Waals surface area contributed by atoms with Crippen LogP contribution in [0.3, 0.4) is 0 Å². The number of ether oxygens (including phenoxy) is 1. The highest BCUT2D eigenvalue weighted by Crippen LogP contribution is 2.25. The average molecular weight is 356 g/mol. The van der Waals surface area contributed by atoms with E-state index in [1.165, 1.54) is 43.5 Å². The monoisotopic (exact) mass is 356 g/mol. The Bertz CT molecular complexity index is 924. The maximum absolute atomic E-state index is 13.8. The van der Waals surface area contributed by atoms with Crippen LogP contribution in [-0.2, 0) is 9.53 Å². The number of rotatable bonds is 4. The summed E-state index contributed by atoms with van der Waals surface area (Å²) in [7, 11) is 1.25. The van der Waals surface area contributed by atoms with Crippen LogP contribution in [0.1, 0.15) is 31.1 Å². The largest absolute Gasteiger partial charge is 0.465 e. The van der Waals surface area contributed by atoms with E-state index in [4.69, 9.17) is 0 Å². The van der Waals surface area contributed by atoms with Crippen LogP contribution in [0.5, 0.6) is 0 Å². The fraction of sp³-hybridized carbons (Fsp3) is 0.111. The Morgan fingerprint density at radius 3 is 2.38 bits per heavy atom. The Morgan fingerprint density at radius 2 is 1.77 bits per heavy atom. The lowest BCUT2D eigenvalue weighted by Gasteiger charge is -2.13. The van der Waals surface area contributed by atoms with Gasteiger partial charge in [0.05, 0.1) is 23.8 Å². The van der Waals surface area contributed by atoms with Gasteiger partial charge >= 0.3 is 5.97 Å². The maximum Gasteiger partial charge on any atom is 0.337 e. The first-order valence-corrected chi connectivity index (χ1v) is 7.55. The summed E-state index contributed by atoms with van der Waals surface area (Å²) in [5.41, 5.74) is 0.282. The summed E-state index contributed by atoms with van der Waals surface area (Å²) in [5.74, 6) is -3.52. The lowest BCUT2D eigenvalue weighted by molar-refractivity contribution is -0.116. The van der Waals surface area contributed by atoms with Crippen LogP contribution in [0.4, 0.5) is 10.1 Å². The van der Waals surface area contributed by atoms with E-state index in [2.05, 4.69) is 10.1 Å². The third-order valence-corrected chi connectivity index (χ3v) is 3.84. The normalized spacial score (nSPS) is 12.8. The van der Waals surface area contributed by atoms with Gasteiger partial charge in [-0.25, -0.2) is 9.18 Å². The summed E-state index contributed by atoms with van der Waals surface area (Å²) in [5, 5.41) is 2.50. The van der Waals surface area contributed by atoms with Crippen molar-refractivity contribution in [1.82, 2.24) is 4.90 Å². The molecule has 0 spiro atoms. The minimum Gasteiger partial charge on any atom is -0.465 e. The fourth-order valence-corrected chi connectivity index (χ4v) is 2.59. The number of anilines is 1. The van der Waals surface area contributed by atoms with E-state index in [1.807, 2.05) is 0 Å². The maximum atomic E-state index is 13.8. The summed E-state index contributed by atoms with van der Waals surface area (Å²) in [4.78, 5) is 48.6. The van der Waals surface area contributed by atoms with Crippen molar-refractivity contribution >= 4 is 29.4 Å². The summed E-state index contributed by atoms with van der Waals surface area (Å²) >= 11 is 0. The molecular weight excluding hydrogens is 343 g/mol. The van der Waals surface area contributed by atoms with Crippen molar-refractivity contribution in [2.75, 3.05) is 19.0 Å². The van der Waals surface area contributed by atoms with Gasteiger partial charge in [0.2, 0.25) is 5.91 Å². The molecule has 0 aromatic heterocycles. The van der Waals surface area contributed by atoms with Crippen molar-refractivity contribution in [3.8, 4) is 0 Å². The van der Waals surface area contributed by atoms with Crippen molar-refractivity contribution in [2.24, 2.45) is 0 Å². The van der Waals surface area contributed by atoms with Gasteiger partial charge in [0.15, 0.2) is 0 Å². The van der Waals surface area contributed by atoms with Crippen molar-refractivity contribution in [2.45, 2.75) is 0 Å². The SMILES string of the molecule is COC(=O)c1ccc(NC(=O)CN2C(=O)c3cccc(F)c3C2=O)cc1. The first kappa shape index (κ1) is 17.3. The zero-order valence-electron chi connectivity index (χ0n) is 13.6. The fourth-order valence-electron chi connectivity index (χ4n) is 2.59. The number of fused-ring (bicyclic) bond motifs is 1. The van der Waals surface area contributed by atoms with Crippen LogP contribution in [0.2, 0.25) is 0 Å². The van der Waals surface area contributed by atoms with Crippen LogP contribution in [0.25, 0.3) is 0 Å². The highest BCUT2D eigenvalue weighted by molar-refractivity contribution is 6.22. The molecule has 0 saturated carbocycles. The van der Waals surface area contributed by atoms with Crippen molar-refractivity contribution in [1.29, 1.82) is 0 Å². The summed E-state index contributed by atoms with van der Waals surface area (Å²) in [6.07, 6.45) is 0. The van der Waals surface area contributed by atoms with Crippen LogP contribution >= 0.6 is 0 Å². The molecule has 0 radical (unpaired) electrons. The van der Waals surface area contributed by atoms with Crippen LogP contribution in [0, 0.1) is 5.82 Å². The van der Waals surface area contributed by atoms with Gasteiger partial charge in [0, 0.05) is 5.69 Å². The van der Waals surface area contributed by atoms with Crippen molar-refractivity contribution in [3.63, 3.8) is 0 Å². The zero-order valence-corrected chi connectivity index (χ0v) is 13.6. The Balaban J connectivity index is 1.69. The van der Waals surface area contributed by atoms with Crippen molar-refractivity contribution < 1.29 is 28.3 Å². The summed E-state index contributed by atoms with van der Waals surface area (Å²) < 4.78 is 18.3. The average Bonchev–Trinajstić information content (AvgIpc) is 2.87. The van der Waals surface area contributed by atoms with E-state index in [0.29, 0.717) is 16.2 Å². The molecule has 1 heterocycles. The molecule has 0 atom stereocenters. The molecular formula is C18H13FN2O5. The number of hydrogen-bond acceptors (Lipinski definition) is 5. The minimum absolute atomic E-state index is 0.0646. The van der Waals surface area contributed by atoms with E-state index in [0.717, 1.165) is 6.07 Å². The predicted octanol–water partition coefficient (Wildman–Crippen LogP) is 1.85. The molecule has 0 saturated heterocycles. The quantitative estimate of drug-likeness (QED) is 0.667. The molecule has 2 aromatic carbocycles. The number of halogens is 1. The highest BCUT2D eigenvalue weighted by Gasteiger charge is 2.38. The van der Waals surface area contributed by atoms with E-state index in [-0.39, 0.29) is 11.1 Å². The van der Waals surface area contributed by atoms with Crippen molar-refractivity contribution in [3.05, 3.63) is 65.0 Å². The van der Waals surface area contributed by atoms with Gasteiger partial charge in [-0.05, 0) is 36.4 Å². The smallest absolute Gasteiger partial charge is 0.337 e. The molecule has 1 aliphatic rings. The molecule has 3 rings (SSSR count). The molecule has 0 bridgehead atoms. The standard InChI is InChI=1S/C18H13FN2O5/c1-26-18(25)10-5-7-11(8-6-10)20-14(22)9-21-16(23)12-3-2-4-13(19)15(12)17(21)24/h2-8H,9H2,1H3,(H,20,22). The number of carbonyl (C=O) groups is 4. The van der Waals surface area contributed by atoms with E-state index < -0.39 is 36.1 Å². The lowest BCUT2D eigenvalue weighted by atomic mass is 10.1. The lowest BCUT2D eigenvalue weighted by Crippen LogP contribution is -2.37. The number of carbonyl (C=O) groups excluding carboxylic acids is 4. The number of nitrogens with one attached hydrogen (secondary N) is 1. The minimum atomic E-state index is -0.848. The summed E-state index contributed by atoms with van der Waals surface area (Å²) in [6.45, 7) is -0.551. The van der Waals surface area contributed by atoms with E-state index in [1.54, 1.807) is 0 Å². The van der Waals surface area contributed by atoms with Gasteiger partial charge in [0.1, 0.15) is 12.4 Å². The predicted molar refractivity (Wildman–Crippen MR) is 88.2 cm³/mol. The van der Waals surface area contributed by atoms with Gasteiger partial charge < -0.3 is 10.1 Å². The highest BCUT2D eigenvalue weighted by atomic mass is 19.1. The van der Waals surface area contributed by atoms with Gasteiger partial charge in [-0.1, -0.05) is 6.07 Å². The molecule has 3 amide bonds.